The highest BCUT2D eigenvalue weighted by Gasteiger charge is 2.60. The molecule has 1 aliphatic carbocycles. The molecule has 138 valence electrons. The zero-order valence-electron chi connectivity index (χ0n) is 13.9. The van der Waals surface area contributed by atoms with Crippen LogP contribution in [0.5, 0.6) is 0 Å². The van der Waals surface area contributed by atoms with Crippen molar-refractivity contribution in [1.82, 2.24) is 10.2 Å². The van der Waals surface area contributed by atoms with Crippen molar-refractivity contribution in [1.29, 1.82) is 0 Å². The van der Waals surface area contributed by atoms with E-state index < -0.39 is 31.8 Å². The second-order valence-electron chi connectivity index (χ2n) is 6.98. The fourth-order valence-electron chi connectivity index (χ4n) is 3.35. The Kier molecular flexibility index (Phi) is 4.06. The topological polar surface area (TPSA) is 112 Å². The van der Waals surface area contributed by atoms with Crippen molar-refractivity contribution in [3.8, 4) is 0 Å². The number of hydrogen-bond acceptors (Lipinski definition) is 8. The number of phosphoric acid groups is 1. The summed E-state index contributed by atoms with van der Waals surface area (Å²) in [6.07, 6.45) is 3.74. The predicted molar refractivity (Wildman–Crippen MR) is 86.7 cm³/mol. The van der Waals surface area contributed by atoms with E-state index >= 15 is 0 Å². The van der Waals surface area contributed by atoms with Crippen molar-refractivity contribution in [2.45, 2.75) is 56.3 Å². The maximum atomic E-state index is 12.8. The minimum absolute atomic E-state index is 0.0638. The summed E-state index contributed by atoms with van der Waals surface area (Å²) in [6.45, 7) is 5.63. The number of phosphoric ester groups is 1. The van der Waals surface area contributed by atoms with E-state index in [2.05, 4.69) is 11.9 Å². The summed E-state index contributed by atoms with van der Waals surface area (Å²) in [5.74, 6) is 0.0796. The molecule has 3 fully saturated rings. The summed E-state index contributed by atoms with van der Waals surface area (Å²) in [5, 5.41) is 2.60. The molecule has 3 heterocycles. The summed E-state index contributed by atoms with van der Waals surface area (Å²) in [7, 11) is -3.67. The van der Waals surface area contributed by atoms with Gasteiger partial charge in [-0.05, 0) is 26.2 Å². The summed E-state index contributed by atoms with van der Waals surface area (Å²) >= 11 is 0. The van der Waals surface area contributed by atoms with Crippen molar-refractivity contribution in [2.75, 3.05) is 6.61 Å². The SMILES string of the molecule is C=C1NC(=O)C=CN1[C@@H]1O[C@@H]2CO[P@](=O)(OC3CCC3)OC2[C@@]1(C)N. The van der Waals surface area contributed by atoms with E-state index in [1.807, 2.05) is 0 Å². The monoisotopic (exact) mass is 371 g/mol. The molecule has 0 aromatic heterocycles. The van der Waals surface area contributed by atoms with Crippen molar-refractivity contribution < 1.29 is 27.7 Å². The van der Waals surface area contributed by atoms with Crippen LogP contribution in [0.3, 0.4) is 0 Å². The Bertz CT molecular complexity index is 676. The lowest BCUT2D eigenvalue weighted by Gasteiger charge is -2.40. The second kappa shape index (κ2) is 5.90. The van der Waals surface area contributed by atoms with Crippen LogP contribution in [-0.2, 0) is 27.7 Å². The molecule has 0 aromatic rings. The fraction of sp³-hybridized carbons (Fsp3) is 0.667. The Morgan fingerprint density at radius 1 is 1.52 bits per heavy atom. The van der Waals surface area contributed by atoms with Crippen LogP contribution < -0.4 is 11.1 Å². The molecule has 1 unspecified atom stereocenters. The third-order valence-electron chi connectivity index (χ3n) is 4.97. The van der Waals surface area contributed by atoms with E-state index in [1.54, 1.807) is 18.0 Å². The van der Waals surface area contributed by atoms with Crippen LogP contribution in [-0.4, -0.2) is 47.5 Å². The van der Waals surface area contributed by atoms with Crippen molar-refractivity contribution in [3.05, 3.63) is 24.7 Å². The van der Waals surface area contributed by atoms with E-state index in [0.717, 1.165) is 19.3 Å². The average molecular weight is 371 g/mol. The Labute approximate surface area is 145 Å². The summed E-state index contributed by atoms with van der Waals surface area (Å²) in [5.41, 5.74) is 5.47. The minimum atomic E-state index is -3.67. The fourth-order valence-corrected chi connectivity index (χ4v) is 5.07. The minimum Gasteiger partial charge on any atom is -0.347 e. The molecule has 4 rings (SSSR count). The van der Waals surface area contributed by atoms with Crippen molar-refractivity contribution >= 4 is 13.7 Å². The molecular formula is C15H22N3O6P. The summed E-state index contributed by atoms with van der Waals surface area (Å²) < 4.78 is 35.3. The number of nitrogens with two attached hydrogens (primary N) is 1. The lowest BCUT2D eigenvalue weighted by Crippen LogP contribution is -2.60. The molecule has 0 bridgehead atoms. The largest absolute Gasteiger partial charge is 0.475 e. The molecule has 4 aliphatic rings. The molecule has 10 heteroatoms. The van der Waals surface area contributed by atoms with Crippen LogP contribution in [0.4, 0.5) is 0 Å². The van der Waals surface area contributed by atoms with E-state index in [4.69, 9.17) is 24.0 Å². The highest BCUT2D eigenvalue weighted by Crippen LogP contribution is 2.59. The quantitative estimate of drug-likeness (QED) is 0.705. The highest BCUT2D eigenvalue weighted by atomic mass is 31.2. The third-order valence-corrected chi connectivity index (χ3v) is 6.48. The Morgan fingerprint density at radius 3 is 2.92 bits per heavy atom. The van der Waals surface area contributed by atoms with Crippen molar-refractivity contribution in [2.24, 2.45) is 5.73 Å². The number of carbonyl (C=O) groups excluding carboxylic acids is 1. The molecule has 0 spiro atoms. The molecule has 0 aromatic carbocycles. The van der Waals surface area contributed by atoms with Gasteiger partial charge in [0.1, 0.15) is 18.0 Å². The Morgan fingerprint density at radius 2 is 2.28 bits per heavy atom. The van der Waals surface area contributed by atoms with Crippen molar-refractivity contribution in [3.63, 3.8) is 0 Å². The molecule has 3 N–H and O–H groups in total. The van der Waals surface area contributed by atoms with Crippen LogP contribution in [0.2, 0.25) is 0 Å². The van der Waals surface area contributed by atoms with Gasteiger partial charge in [0.15, 0.2) is 6.23 Å². The number of carbonyl (C=O) groups is 1. The molecule has 1 saturated carbocycles. The second-order valence-corrected chi connectivity index (χ2v) is 8.55. The number of nitrogens with one attached hydrogen (secondary N) is 1. The smallest absolute Gasteiger partial charge is 0.347 e. The Balaban J connectivity index is 1.53. The van der Waals surface area contributed by atoms with E-state index in [9.17, 15) is 9.36 Å². The van der Waals surface area contributed by atoms with Gasteiger partial charge in [0.25, 0.3) is 5.91 Å². The normalized spacial score (nSPS) is 44.4. The summed E-state index contributed by atoms with van der Waals surface area (Å²) in [4.78, 5) is 13.0. The first-order valence-corrected chi connectivity index (χ1v) is 9.77. The van der Waals surface area contributed by atoms with Gasteiger partial charge in [0.05, 0.1) is 18.2 Å². The predicted octanol–water partition coefficient (Wildman–Crippen LogP) is 0.938. The van der Waals surface area contributed by atoms with Gasteiger partial charge < -0.3 is 20.7 Å². The average Bonchev–Trinajstić information content (AvgIpc) is 2.75. The van der Waals surface area contributed by atoms with Gasteiger partial charge in [-0.2, -0.15) is 0 Å². The van der Waals surface area contributed by atoms with Crippen LogP contribution in [0, 0.1) is 0 Å². The van der Waals surface area contributed by atoms with Gasteiger partial charge in [-0.1, -0.05) is 6.58 Å². The van der Waals surface area contributed by atoms with E-state index in [0.29, 0.717) is 5.82 Å². The number of nitrogens with zero attached hydrogens (tertiary/aromatic N) is 1. The van der Waals surface area contributed by atoms with Gasteiger partial charge in [0, 0.05) is 12.3 Å². The first kappa shape index (κ1) is 17.2. The molecule has 25 heavy (non-hydrogen) atoms. The number of fused-ring (bicyclic) bond motifs is 1. The van der Waals surface area contributed by atoms with Gasteiger partial charge >= 0.3 is 7.82 Å². The van der Waals surface area contributed by atoms with Gasteiger partial charge in [-0.3, -0.25) is 18.4 Å². The molecule has 1 amide bonds. The first-order valence-electron chi connectivity index (χ1n) is 8.31. The van der Waals surface area contributed by atoms with Crippen LogP contribution in [0.15, 0.2) is 24.7 Å². The van der Waals surface area contributed by atoms with Crippen LogP contribution in [0.1, 0.15) is 26.2 Å². The number of ether oxygens (including phenoxy) is 1. The maximum Gasteiger partial charge on any atom is 0.475 e. The zero-order chi connectivity index (χ0) is 17.8. The Hall–Kier alpha value is -1.22. The molecule has 5 atom stereocenters. The molecule has 3 aliphatic heterocycles. The lowest BCUT2D eigenvalue weighted by atomic mass is 9.93. The lowest BCUT2D eigenvalue weighted by molar-refractivity contribution is -0.118. The summed E-state index contributed by atoms with van der Waals surface area (Å²) in [6, 6.07) is 0. The van der Waals surface area contributed by atoms with Gasteiger partial charge in [0.2, 0.25) is 0 Å². The zero-order valence-corrected chi connectivity index (χ0v) is 14.8. The van der Waals surface area contributed by atoms with Gasteiger partial charge in [-0.25, -0.2) is 4.57 Å². The molecule has 0 radical (unpaired) electrons. The highest BCUT2D eigenvalue weighted by molar-refractivity contribution is 7.48. The van der Waals surface area contributed by atoms with E-state index in [1.165, 1.54) is 6.08 Å². The number of amides is 1. The van der Waals surface area contributed by atoms with E-state index in [-0.39, 0.29) is 18.6 Å². The number of hydrogen-bond donors (Lipinski definition) is 2. The molecule has 2 saturated heterocycles. The standard InChI is InChI=1S/C15H22N3O6P/c1-9-17-12(19)6-7-18(9)14-15(2,16)13-11(22-14)8-21-25(20,24-13)23-10-4-3-5-10/h6-7,10-11,13-14H,1,3-5,8,16H2,2H3,(H,17,19)/t11-,13?,14-,15-,25-/m1/s1. The third kappa shape index (κ3) is 2.95. The van der Waals surface area contributed by atoms with Crippen LogP contribution in [0.25, 0.3) is 0 Å². The molecule has 9 nitrogen and oxygen atoms in total. The maximum absolute atomic E-state index is 12.8. The number of rotatable bonds is 3. The first-order chi connectivity index (χ1) is 11.8. The van der Waals surface area contributed by atoms with Crippen LogP contribution >= 0.6 is 7.82 Å². The molecular weight excluding hydrogens is 349 g/mol. The van der Waals surface area contributed by atoms with Gasteiger partial charge in [-0.15, -0.1) is 0 Å².